The normalized spacial score (nSPS) is 32.2. The molecule has 1 heterocycles. The summed E-state index contributed by atoms with van der Waals surface area (Å²) in [6.45, 7) is 7.43. The van der Waals surface area contributed by atoms with Crippen LogP contribution in [0, 0.1) is 11.3 Å². The predicted molar refractivity (Wildman–Crippen MR) is 72.9 cm³/mol. The SMILES string of the molecule is CC(C)(C)OC(=O)N1CC[C@]2(CC[C@@H](CCl)C2)C1. The monoisotopic (exact) mass is 273 g/mol. The quantitative estimate of drug-likeness (QED) is 0.683. The first kappa shape index (κ1) is 14.0. The highest BCUT2D eigenvalue weighted by Gasteiger charge is 2.45. The van der Waals surface area contributed by atoms with Crippen LogP contribution in [0.3, 0.4) is 0 Å². The molecule has 3 nitrogen and oxygen atoms in total. The summed E-state index contributed by atoms with van der Waals surface area (Å²) in [5.41, 5.74) is -0.0718. The molecule has 2 fully saturated rings. The lowest BCUT2D eigenvalue weighted by atomic mass is 9.85. The molecule has 4 heteroatoms. The molecule has 18 heavy (non-hydrogen) atoms. The molecular formula is C14H24ClNO2. The van der Waals surface area contributed by atoms with Gasteiger partial charge in [0.05, 0.1) is 0 Å². The Morgan fingerprint density at radius 3 is 2.72 bits per heavy atom. The van der Waals surface area contributed by atoms with Crippen molar-refractivity contribution in [1.82, 2.24) is 4.90 Å². The van der Waals surface area contributed by atoms with E-state index in [0.717, 1.165) is 25.4 Å². The highest BCUT2D eigenvalue weighted by atomic mass is 35.5. The topological polar surface area (TPSA) is 29.5 Å². The van der Waals surface area contributed by atoms with Gasteiger partial charge in [0.2, 0.25) is 0 Å². The third-order valence-corrected chi connectivity index (χ3v) is 4.55. The fourth-order valence-electron chi connectivity index (χ4n) is 3.25. The minimum atomic E-state index is -0.402. The van der Waals surface area contributed by atoms with Gasteiger partial charge < -0.3 is 9.64 Å². The number of hydrogen-bond donors (Lipinski definition) is 0. The largest absolute Gasteiger partial charge is 0.444 e. The molecule has 1 spiro atoms. The van der Waals surface area contributed by atoms with Gasteiger partial charge in [-0.15, -0.1) is 11.6 Å². The lowest BCUT2D eigenvalue weighted by Gasteiger charge is -2.27. The number of halogens is 1. The zero-order chi connectivity index (χ0) is 13.4. The van der Waals surface area contributed by atoms with Crippen molar-refractivity contribution in [3.63, 3.8) is 0 Å². The van der Waals surface area contributed by atoms with Gasteiger partial charge in [0.25, 0.3) is 0 Å². The van der Waals surface area contributed by atoms with Gasteiger partial charge in [-0.05, 0) is 57.8 Å². The highest BCUT2D eigenvalue weighted by Crippen LogP contribution is 2.48. The lowest BCUT2D eigenvalue weighted by Crippen LogP contribution is -2.36. The minimum absolute atomic E-state index is 0.159. The Hall–Kier alpha value is -0.440. The van der Waals surface area contributed by atoms with Crippen LogP contribution in [-0.4, -0.2) is 35.6 Å². The van der Waals surface area contributed by atoms with E-state index in [0.29, 0.717) is 11.3 Å². The van der Waals surface area contributed by atoms with Crippen LogP contribution in [0.15, 0.2) is 0 Å². The van der Waals surface area contributed by atoms with Crippen molar-refractivity contribution >= 4 is 17.7 Å². The van der Waals surface area contributed by atoms with E-state index in [-0.39, 0.29) is 6.09 Å². The molecule has 0 aromatic rings. The van der Waals surface area contributed by atoms with Gasteiger partial charge in [0.15, 0.2) is 0 Å². The lowest BCUT2D eigenvalue weighted by molar-refractivity contribution is 0.0273. The summed E-state index contributed by atoms with van der Waals surface area (Å²) < 4.78 is 5.44. The average molecular weight is 274 g/mol. The second kappa shape index (κ2) is 4.92. The Balaban J connectivity index is 1.91. The Bertz CT molecular complexity index is 326. The summed E-state index contributed by atoms with van der Waals surface area (Å²) in [5, 5.41) is 0. The first-order chi connectivity index (χ1) is 8.34. The molecule has 0 aromatic heterocycles. The third-order valence-electron chi connectivity index (χ3n) is 4.11. The molecule has 0 N–H and O–H groups in total. The van der Waals surface area contributed by atoms with E-state index >= 15 is 0 Å². The van der Waals surface area contributed by atoms with Crippen LogP contribution in [0.4, 0.5) is 4.79 Å². The molecule has 1 amide bonds. The van der Waals surface area contributed by atoms with Crippen molar-refractivity contribution in [2.75, 3.05) is 19.0 Å². The number of amides is 1. The zero-order valence-electron chi connectivity index (χ0n) is 11.7. The maximum Gasteiger partial charge on any atom is 0.410 e. The second-order valence-corrected chi connectivity index (χ2v) is 7.22. The van der Waals surface area contributed by atoms with E-state index in [1.165, 1.54) is 19.3 Å². The minimum Gasteiger partial charge on any atom is -0.444 e. The van der Waals surface area contributed by atoms with E-state index in [1.807, 2.05) is 25.7 Å². The van der Waals surface area contributed by atoms with Crippen LogP contribution in [0.25, 0.3) is 0 Å². The van der Waals surface area contributed by atoms with Crippen molar-refractivity contribution in [2.24, 2.45) is 11.3 Å². The van der Waals surface area contributed by atoms with Crippen LogP contribution in [0.5, 0.6) is 0 Å². The maximum absolute atomic E-state index is 12.0. The van der Waals surface area contributed by atoms with Crippen molar-refractivity contribution in [3.8, 4) is 0 Å². The second-order valence-electron chi connectivity index (χ2n) is 6.92. The Morgan fingerprint density at radius 1 is 1.44 bits per heavy atom. The van der Waals surface area contributed by atoms with Crippen LogP contribution >= 0.6 is 11.6 Å². The zero-order valence-corrected chi connectivity index (χ0v) is 12.4. The van der Waals surface area contributed by atoms with Crippen molar-refractivity contribution in [2.45, 2.75) is 52.1 Å². The van der Waals surface area contributed by atoms with E-state index in [1.54, 1.807) is 0 Å². The molecule has 0 unspecified atom stereocenters. The Labute approximate surface area is 115 Å². The van der Waals surface area contributed by atoms with E-state index in [2.05, 4.69) is 0 Å². The van der Waals surface area contributed by atoms with Gasteiger partial charge in [-0.3, -0.25) is 0 Å². The number of hydrogen-bond acceptors (Lipinski definition) is 2. The number of carbonyl (C=O) groups excluding carboxylic acids is 1. The molecule has 2 rings (SSSR count). The molecule has 0 radical (unpaired) electrons. The predicted octanol–water partition coefficient (Wildman–Crippen LogP) is 3.65. The van der Waals surface area contributed by atoms with E-state index < -0.39 is 5.60 Å². The number of carbonyl (C=O) groups is 1. The molecule has 2 aliphatic rings. The number of ether oxygens (including phenoxy) is 1. The van der Waals surface area contributed by atoms with Gasteiger partial charge >= 0.3 is 6.09 Å². The Kier molecular flexibility index (Phi) is 3.82. The van der Waals surface area contributed by atoms with Gasteiger partial charge in [0, 0.05) is 19.0 Å². The van der Waals surface area contributed by atoms with Crippen molar-refractivity contribution in [3.05, 3.63) is 0 Å². The standard InChI is InChI=1S/C14H24ClNO2/c1-13(2,3)18-12(17)16-7-6-14(10-16)5-4-11(8-14)9-15/h11H,4-10H2,1-3H3/t11-,14+/m1/s1. The first-order valence-corrected chi connectivity index (χ1v) is 7.41. The van der Waals surface area contributed by atoms with Gasteiger partial charge in [-0.25, -0.2) is 4.79 Å². The van der Waals surface area contributed by atoms with Crippen LogP contribution < -0.4 is 0 Å². The molecular weight excluding hydrogens is 250 g/mol. The van der Waals surface area contributed by atoms with Gasteiger partial charge in [0.1, 0.15) is 5.60 Å². The Morgan fingerprint density at radius 2 is 2.17 bits per heavy atom. The highest BCUT2D eigenvalue weighted by molar-refractivity contribution is 6.18. The fraction of sp³-hybridized carbons (Fsp3) is 0.929. The van der Waals surface area contributed by atoms with E-state index in [4.69, 9.17) is 16.3 Å². The molecule has 1 saturated heterocycles. The van der Waals surface area contributed by atoms with Crippen LogP contribution in [0.2, 0.25) is 0 Å². The van der Waals surface area contributed by atoms with Crippen molar-refractivity contribution in [1.29, 1.82) is 0 Å². The summed E-state index contributed by atoms with van der Waals surface area (Å²) in [5.74, 6) is 1.40. The first-order valence-electron chi connectivity index (χ1n) is 6.87. The summed E-state index contributed by atoms with van der Waals surface area (Å²) >= 11 is 5.95. The molecule has 1 saturated carbocycles. The number of nitrogens with zero attached hydrogens (tertiary/aromatic N) is 1. The van der Waals surface area contributed by atoms with Crippen LogP contribution in [0.1, 0.15) is 46.5 Å². The van der Waals surface area contributed by atoms with E-state index in [9.17, 15) is 4.79 Å². The molecule has 2 atom stereocenters. The summed E-state index contributed by atoms with van der Waals surface area (Å²) in [4.78, 5) is 13.9. The molecule has 1 aliphatic heterocycles. The smallest absolute Gasteiger partial charge is 0.410 e. The molecule has 104 valence electrons. The average Bonchev–Trinajstić information content (AvgIpc) is 2.84. The van der Waals surface area contributed by atoms with Crippen molar-refractivity contribution < 1.29 is 9.53 Å². The number of likely N-dealkylation sites (tertiary alicyclic amines) is 1. The van der Waals surface area contributed by atoms with Gasteiger partial charge in [-0.1, -0.05) is 0 Å². The molecule has 0 bridgehead atoms. The fourth-order valence-corrected chi connectivity index (χ4v) is 3.51. The van der Waals surface area contributed by atoms with Crippen LogP contribution in [-0.2, 0) is 4.74 Å². The summed E-state index contributed by atoms with van der Waals surface area (Å²) in [7, 11) is 0. The summed E-state index contributed by atoms with van der Waals surface area (Å²) in [6, 6.07) is 0. The molecule has 1 aliphatic carbocycles. The number of alkyl halides is 1. The third kappa shape index (κ3) is 3.11. The maximum atomic E-state index is 12.0. The number of rotatable bonds is 1. The van der Waals surface area contributed by atoms with Gasteiger partial charge in [-0.2, -0.15) is 0 Å². The summed E-state index contributed by atoms with van der Waals surface area (Å²) in [6.07, 6.45) is 4.55. The molecule has 0 aromatic carbocycles.